The molecule has 0 fully saturated rings. The number of nitrogens with one attached hydrogen (secondary N) is 1. The van der Waals surface area contributed by atoms with Crippen molar-refractivity contribution < 1.29 is 9.53 Å². The van der Waals surface area contributed by atoms with Crippen molar-refractivity contribution in [2.24, 2.45) is 11.7 Å². The van der Waals surface area contributed by atoms with Crippen LogP contribution in [-0.2, 0) is 5.41 Å². The number of fused-ring (bicyclic) bond motifs is 4. The van der Waals surface area contributed by atoms with Gasteiger partial charge < -0.3 is 15.8 Å². The first-order valence-electron chi connectivity index (χ1n) is 9.03. The van der Waals surface area contributed by atoms with Gasteiger partial charge in [0.1, 0.15) is 5.75 Å². The van der Waals surface area contributed by atoms with E-state index in [1.165, 1.54) is 16.0 Å². The van der Waals surface area contributed by atoms with Gasteiger partial charge in [-0.05, 0) is 47.7 Å². The van der Waals surface area contributed by atoms with Crippen LogP contribution in [0.3, 0.4) is 0 Å². The molecule has 136 valence electrons. The fourth-order valence-electron chi connectivity index (χ4n) is 4.21. The molecule has 0 aromatic heterocycles. The second kappa shape index (κ2) is 6.23. The highest BCUT2D eigenvalue weighted by Gasteiger charge is 2.46. The average Bonchev–Trinajstić information content (AvgIpc) is 2.62. The Bertz CT molecular complexity index is 878. The lowest BCUT2D eigenvalue weighted by Crippen LogP contribution is -2.44. The van der Waals surface area contributed by atoms with Gasteiger partial charge in [0.25, 0.3) is 0 Å². The summed E-state index contributed by atoms with van der Waals surface area (Å²) in [7, 11) is 0. The maximum atomic E-state index is 11.6. The van der Waals surface area contributed by atoms with Crippen LogP contribution in [0.4, 0.5) is 5.69 Å². The van der Waals surface area contributed by atoms with Crippen molar-refractivity contribution in [3.8, 4) is 5.75 Å². The molecule has 2 aromatic carbocycles. The lowest BCUT2D eigenvalue weighted by Gasteiger charge is -2.49. The molecule has 5 heteroatoms. The summed E-state index contributed by atoms with van der Waals surface area (Å²) in [4.78, 5) is 12.9. The van der Waals surface area contributed by atoms with Crippen molar-refractivity contribution in [2.75, 3.05) is 17.7 Å². The third-order valence-corrected chi connectivity index (χ3v) is 6.94. The molecule has 0 radical (unpaired) electrons. The Labute approximate surface area is 158 Å². The second-order valence-electron chi connectivity index (χ2n) is 7.49. The summed E-state index contributed by atoms with van der Waals surface area (Å²) in [5, 5.41) is 3.73. The summed E-state index contributed by atoms with van der Waals surface area (Å²) in [6.45, 7) is 7.23. The van der Waals surface area contributed by atoms with Gasteiger partial charge in [-0.1, -0.05) is 26.0 Å². The number of carbonyl (C=O) groups excluding carboxylic acids is 1. The number of ether oxygens (including phenoxy) is 1. The molecule has 2 heterocycles. The number of hydrogen-bond acceptors (Lipinski definition) is 4. The molecule has 0 saturated carbocycles. The molecule has 1 amide bonds. The highest BCUT2D eigenvalue weighted by molar-refractivity contribution is 7.99. The zero-order valence-electron chi connectivity index (χ0n) is 15.3. The van der Waals surface area contributed by atoms with Crippen LogP contribution < -0.4 is 15.8 Å². The van der Waals surface area contributed by atoms with Crippen LogP contribution in [0, 0.1) is 5.92 Å². The van der Waals surface area contributed by atoms with Crippen LogP contribution in [0.1, 0.15) is 48.3 Å². The molecular weight excluding hydrogens is 344 g/mol. The Morgan fingerprint density at radius 2 is 2.15 bits per heavy atom. The number of carbonyl (C=O) groups is 1. The standard InChI is InChI=1S/C21H24N2O2S/c1-4-25-17-7-5-6-13-18-15(11-26-19(13)17)21(2,3)14-10-12(20(22)24)8-9-16(14)23-18/h5-10,15,18,23H,4,11H2,1-3H3,(H2,22,24). The molecule has 2 aromatic rings. The highest BCUT2D eigenvalue weighted by atomic mass is 32.2. The van der Waals surface area contributed by atoms with Crippen molar-refractivity contribution in [2.45, 2.75) is 37.1 Å². The lowest BCUT2D eigenvalue weighted by atomic mass is 9.66. The molecule has 2 unspecified atom stereocenters. The van der Waals surface area contributed by atoms with Crippen LogP contribution in [0.2, 0.25) is 0 Å². The van der Waals surface area contributed by atoms with Gasteiger partial charge in [0.15, 0.2) is 0 Å². The Kier molecular flexibility index (Phi) is 4.14. The third-order valence-electron chi connectivity index (χ3n) is 5.69. The van der Waals surface area contributed by atoms with Crippen molar-refractivity contribution in [3.63, 3.8) is 0 Å². The van der Waals surface area contributed by atoms with E-state index in [-0.39, 0.29) is 17.4 Å². The van der Waals surface area contributed by atoms with E-state index in [2.05, 4.69) is 37.4 Å². The highest BCUT2D eigenvalue weighted by Crippen LogP contribution is 2.55. The molecular formula is C21H24N2O2S. The first-order valence-corrected chi connectivity index (χ1v) is 10.0. The van der Waals surface area contributed by atoms with E-state index in [0.717, 1.165) is 17.2 Å². The van der Waals surface area contributed by atoms with Crippen LogP contribution in [-0.4, -0.2) is 18.3 Å². The predicted octanol–water partition coefficient (Wildman–Crippen LogP) is 4.35. The lowest BCUT2D eigenvalue weighted by molar-refractivity contribution is 0.1000. The zero-order chi connectivity index (χ0) is 18.5. The van der Waals surface area contributed by atoms with Crippen molar-refractivity contribution in [1.82, 2.24) is 0 Å². The molecule has 4 rings (SSSR count). The van der Waals surface area contributed by atoms with E-state index in [4.69, 9.17) is 10.5 Å². The first kappa shape index (κ1) is 17.3. The summed E-state index contributed by atoms with van der Waals surface area (Å²) < 4.78 is 5.85. The number of thioether (sulfide) groups is 1. The fourth-order valence-corrected chi connectivity index (χ4v) is 5.80. The Morgan fingerprint density at radius 3 is 2.88 bits per heavy atom. The van der Waals surface area contributed by atoms with Crippen LogP contribution in [0.15, 0.2) is 41.3 Å². The number of hydrogen-bond donors (Lipinski definition) is 2. The van der Waals surface area contributed by atoms with E-state index >= 15 is 0 Å². The number of anilines is 1. The summed E-state index contributed by atoms with van der Waals surface area (Å²) in [6, 6.07) is 12.3. The Morgan fingerprint density at radius 1 is 1.35 bits per heavy atom. The molecule has 0 spiro atoms. The summed E-state index contributed by atoms with van der Waals surface area (Å²) in [5.41, 5.74) is 9.55. The molecule has 0 bridgehead atoms. The summed E-state index contributed by atoms with van der Waals surface area (Å²) in [6.07, 6.45) is 0. The molecule has 0 aliphatic carbocycles. The van der Waals surface area contributed by atoms with Gasteiger partial charge in [0.05, 0.1) is 17.5 Å². The minimum atomic E-state index is -0.379. The average molecular weight is 369 g/mol. The van der Waals surface area contributed by atoms with Gasteiger partial charge in [-0.3, -0.25) is 4.79 Å². The maximum Gasteiger partial charge on any atom is 0.248 e. The van der Waals surface area contributed by atoms with Crippen LogP contribution in [0.25, 0.3) is 0 Å². The molecule has 26 heavy (non-hydrogen) atoms. The monoisotopic (exact) mass is 368 g/mol. The molecule has 0 saturated heterocycles. The van der Waals surface area contributed by atoms with Gasteiger partial charge in [-0.2, -0.15) is 0 Å². The molecule has 2 aliphatic rings. The minimum Gasteiger partial charge on any atom is -0.493 e. The molecule has 2 atom stereocenters. The normalized spacial score (nSPS) is 22.4. The maximum absolute atomic E-state index is 11.6. The topological polar surface area (TPSA) is 64.3 Å². The van der Waals surface area contributed by atoms with E-state index in [1.54, 1.807) is 6.07 Å². The number of benzene rings is 2. The third kappa shape index (κ3) is 2.57. The number of nitrogens with two attached hydrogens (primary N) is 1. The fraction of sp³-hybridized carbons (Fsp3) is 0.381. The van der Waals surface area contributed by atoms with Gasteiger partial charge >= 0.3 is 0 Å². The van der Waals surface area contributed by atoms with Crippen LogP contribution >= 0.6 is 11.8 Å². The van der Waals surface area contributed by atoms with Crippen LogP contribution in [0.5, 0.6) is 5.75 Å². The largest absolute Gasteiger partial charge is 0.493 e. The number of primary amides is 1. The van der Waals surface area contributed by atoms with E-state index in [0.29, 0.717) is 18.1 Å². The number of rotatable bonds is 3. The summed E-state index contributed by atoms with van der Waals surface area (Å²) >= 11 is 1.87. The Balaban J connectivity index is 1.81. The quantitative estimate of drug-likeness (QED) is 0.845. The van der Waals surface area contributed by atoms with Gasteiger partial charge in [0.2, 0.25) is 5.91 Å². The molecule has 2 aliphatic heterocycles. The smallest absolute Gasteiger partial charge is 0.248 e. The van der Waals surface area contributed by atoms with Gasteiger partial charge in [-0.15, -0.1) is 11.8 Å². The van der Waals surface area contributed by atoms with E-state index < -0.39 is 0 Å². The van der Waals surface area contributed by atoms with Crippen molar-refractivity contribution >= 4 is 23.4 Å². The molecule has 4 nitrogen and oxygen atoms in total. The van der Waals surface area contributed by atoms with Crippen molar-refractivity contribution in [1.29, 1.82) is 0 Å². The number of amides is 1. The zero-order valence-corrected chi connectivity index (χ0v) is 16.2. The predicted molar refractivity (Wildman–Crippen MR) is 106 cm³/mol. The van der Waals surface area contributed by atoms with Crippen molar-refractivity contribution in [3.05, 3.63) is 53.1 Å². The van der Waals surface area contributed by atoms with Gasteiger partial charge in [0, 0.05) is 22.9 Å². The Hall–Kier alpha value is -2.14. The minimum absolute atomic E-state index is 0.0665. The SMILES string of the molecule is CCOc1cccc2c1SCC1C2Nc2ccc(C(N)=O)cc2C1(C)C. The van der Waals surface area contributed by atoms with E-state index in [9.17, 15) is 4.79 Å². The summed E-state index contributed by atoms with van der Waals surface area (Å²) in [5.74, 6) is 2.01. The molecule has 3 N–H and O–H groups in total. The van der Waals surface area contributed by atoms with E-state index in [1.807, 2.05) is 30.8 Å². The second-order valence-corrected chi connectivity index (χ2v) is 8.52. The van der Waals surface area contributed by atoms with Gasteiger partial charge in [-0.25, -0.2) is 0 Å². The first-order chi connectivity index (χ1) is 12.4.